The maximum atomic E-state index is 12.2. The average Bonchev–Trinajstić information content (AvgIpc) is 3.40. The molecule has 0 atom stereocenters. The predicted molar refractivity (Wildman–Crippen MR) is 101 cm³/mol. The lowest BCUT2D eigenvalue weighted by Gasteiger charge is -2.06. The molecule has 8 nitrogen and oxygen atoms in total. The minimum atomic E-state index is -0.467. The Balaban J connectivity index is 1.26. The van der Waals surface area contributed by atoms with E-state index in [9.17, 15) is 9.59 Å². The van der Waals surface area contributed by atoms with Crippen molar-refractivity contribution < 1.29 is 19.1 Å². The van der Waals surface area contributed by atoms with Gasteiger partial charge >= 0.3 is 0 Å². The van der Waals surface area contributed by atoms with E-state index in [1.54, 1.807) is 6.07 Å². The third-order valence-corrected chi connectivity index (χ3v) is 4.29. The van der Waals surface area contributed by atoms with E-state index in [0.29, 0.717) is 23.6 Å². The standard InChI is InChI=1S/C20H18N4O4/c25-19(9-7-13-6-8-17-18(10-13)28-12-27-17)23-24-20(26)16-11-15(21-22-16)14-4-2-1-3-5-14/h1-6,8,10-11H,7,9,12H2,(H,21,22)(H,23,25)(H,24,26). The molecule has 4 rings (SSSR count). The van der Waals surface area contributed by atoms with E-state index in [-0.39, 0.29) is 24.8 Å². The Morgan fingerprint density at radius 2 is 1.82 bits per heavy atom. The van der Waals surface area contributed by atoms with Gasteiger partial charge in [-0.15, -0.1) is 0 Å². The summed E-state index contributed by atoms with van der Waals surface area (Å²) in [6.45, 7) is 0.213. The van der Waals surface area contributed by atoms with Crippen LogP contribution in [0.15, 0.2) is 54.6 Å². The number of aromatic nitrogens is 2. The second-order valence-electron chi connectivity index (χ2n) is 6.22. The van der Waals surface area contributed by atoms with Gasteiger partial charge in [-0.3, -0.25) is 25.5 Å². The zero-order chi connectivity index (χ0) is 19.3. The number of nitrogens with one attached hydrogen (secondary N) is 3. The van der Waals surface area contributed by atoms with Crippen LogP contribution in [0.4, 0.5) is 0 Å². The number of carbonyl (C=O) groups excluding carboxylic acids is 2. The third-order valence-electron chi connectivity index (χ3n) is 4.29. The van der Waals surface area contributed by atoms with Crippen LogP contribution in [0.1, 0.15) is 22.5 Å². The fraction of sp³-hybridized carbons (Fsp3) is 0.150. The van der Waals surface area contributed by atoms with E-state index < -0.39 is 5.91 Å². The molecule has 0 unspecified atom stereocenters. The summed E-state index contributed by atoms with van der Waals surface area (Å²) in [4.78, 5) is 24.2. The number of aryl methyl sites for hydroxylation is 1. The summed E-state index contributed by atoms with van der Waals surface area (Å²) in [5, 5.41) is 6.79. The first kappa shape index (κ1) is 17.6. The Kier molecular flexibility index (Phi) is 4.92. The monoisotopic (exact) mass is 378 g/mol. The molecule has 0 bridgehead atoms. The molecule has 0 radical (unpaired) electrons. The number of H-pyrrole nitrogens is 1. The molecule has 0 saturated carbocycles. The predicted octanol–water partition coefficient (Wildman–Crippen LogP) is 2.20. The van der Waals surface area contributed by atoms with Gasteiger partial charge in [-0.2, -0.15) is 5.10 Å². The number of benzene rings is 2. The molecule has 8 heteroatoms. The highest BCUT2D eigenvalue weighted by molar-refractivity contribution is 5.94. The van der Waals surface area contributed by atoms with Crippen molar-refractivity contribution in [3.8, 4) is 22.8 Å². The van der Waals surface area contributed by atoms with Gasteiger partial charge in [0.1, 0.15) is 5.69 Å². The number of aromatic amines is 1. The highest BCUT2D eigenvalue weighted by Crippen LogP contribution is 2.32. The summed E-state index contributed by atoms with van der Waals surface area (Å²) in [5.41, 5.74) is 7.55. The highest BCUT2D eigenvalue weighted by Gasteiger charge is 2.14. The van der Waals surface area contributed by atoms with Crippen LogP contribution in [-0.4, -0.2) is 28.8 Å². The van der Waals surface area contributed by atoms with Crippen LogP contribution < -0.4 is 20.3 Å². The third kappa shape index (κ3) is 3.96. The Bertz CT molecular complexity index is 1000. The molecular formula is C20H18N4O4. The van der Waals surface area contributed by atoms with Crippen molar-refractivity contribution in [3.05, 3.63) is 65.9 Å². The number of hydrogen-bond acceptors (Lipinski definition) is 5. The molecule has 2 aromatic carbocycles. The highest BCUT2D eigenvalue weighted by atomic mass is 16.7. The number of hydrogen-bond donors (Lipinski definition) is 3. The molecule has 28 heavy (non-hydrogen) atoms. The lowest BCUT2D eigenvalue weighted by molar-refractivity contribution is -0.121. The topological polar surface area (TPSA) is 105 Å². The van der Waals surface area contributed by atoms with Crippen molar-refractivity contribution >= 4 is 11.8 Å². The van der Waals surface area contributed by atoms with Crippen molar-refractivity contribution in [1.29, 1.82) is 0 Å². The van der Waals surface area contributed by atoms with Gasteiger partial charge in [0, 0.05) is 12.0 Å². The Morgan fingerprint density at radius 1 is 1.00 bits per heavy atom. The Morgan fingerprint density at radius 3 is 2.68 bits per heavy atom. The van der Waals surface area contributed by atoms with E-state index in [4.69, 9.17) is 9.47 Å². The lowest BCUT2D eigenvalue weighted by atomic mass is 10.1. The first-order chi connectivity index (χ1) is 13.7. The molecule has 3 aromatic rings. The van der Waals surface area contributed by atoms with Crippen LogP contribution in [0, 0.1) is 0 Å². The van der Waals surface area contributed by atoms with Gasteiger partial charge < -0.3 is 9.47 Å². The molecule has 2 heterocycles. The summed E-state index contributed by atoms with van der Waals surface area (Å²) in [7, 11) is 0. The van der Waals surface area contributed by atoms with Crippen LogP contribution in [0.5, 0.6) is 11.5 Å². The number of amides is 2. The van der Waals surface area contributed by atoms with Crippen LogP contribution in [-0.2, 0) is 11.2 Å². The van der Waals surface area contributed by atoms with Gasteiger partial charge in [-0.05, 0) is 30.2 Å². The molecule has 1 aliphatic rings. The molecule has 1 aliphatic heterocycles. The quantitative estimate of drug-likeness (QED) is 0.590. The van der Waals surface area contributed by atoms with Gasteiger partial charge in [0.25, 0.3) is 5.91 Å². The van der Waals surface area contributed by atoms with Gasteiger partial charge in [-0.25, -0.2) is 0 Å². The van der Waals surface area contributed by atoms with E-state index in [0.717, 1.165) is 11.1 Å². The van der Waals surface area contributed by atoms with Gasteiger partial charge in [0.2, 0.25) is 12.7 Å². The molecule has 3 N–H and O–H groups in total. The zero-order valence-corrected chi connectivity index (χ0v) is 14.9. The number of hydrazine groups is 1. The smallest absolute Gasteiger partial charge is 0.287 e. The summed E-state index contributed by atoms with van der Waals surface area (Å²) in [5.74, 6) is 0.620. The summed E-state index contributed by atoms with van der Waals surface area (Å²) >= 11 is 0. The first-order valence-electron chi connectivity index (χ1n) is 8.77. The molecule has 0 spiro atoms. The summed E-state index contributed by atoms with van der Waals surface area (Å²) in [6, 6.07) is 16.7. The second-order valence-corrected chi connectivity index (χ2v) is 6.22. The lowest BCUT2D eigenvalue weighted by Crippen LogP contribution is -2.41. The molecule has 2 amide bonds. The molecule has 0 aliphatic carbocycles. The first-order valence-corrected chi connectivity index (χ1v) is 8.77. The second kappa shape index (κ2) is 7.83. The number of fused-ring (bicyclic) bond motifs is 1. The minimum Gasteiger partial charge on any atom is -0.454 e. The number of rotatable bonds is 5. The van der Waals surface area contributed by atoms with Crippen molar-refractivity contribution in [2.24, 2.45) is 0 Å². The number of ether oxygens (including phenoxy) is 2. The fourth-order valence-electron chi connectivity index (χ4n) is 2.81. The van der Waals surface area contributed by atoms with Crippen LogP contribution in [0.25, 0.3) is 11.3 Å². The Hall–Kier alpha value is -3.81. The summed E-state index contributed by atoms with van der Waals surface area (Å²) in [6.07, 6.45) is 0.735. The minimum absolute atomic E-state index is 0.213. The maximum Gasteiger partial charge on any atom is 0.287 e. The van der Waals surface area contributed by atoms with Crippen LogP contribution in [0.2, 0.25) is 0 Å². The summed E-state index contributed by atoms with van der Waals surface area (Å²) < 4.78 is 10.6. The van der Waals surface area contributed by atoms with Gasteiger partial charge in [0.15, 0.2) is 11.5 Å². The van der Waals surface area contributed by atoms with Crippen LogP contribution >= 0.6 is 0 Å². The van der Waals surface area contributed by atoms with Gasteiger partial charge in [-0.1, -0.05) is 36.4 Å². The molecule has 0 saturated heterocycles. The molecule has 1 aromatic heterocycles. The van der Waals surface area contributed by atoms with E-state index in [1.165, 1.54) is 0 Å². The van der Waals surface area contributed by atoms with E-state index in [2.05, 4.69) is 21.0 Å². The number of carbonyl (C=O) groups is 2. The zero-order valence-electron chi connectivity index (χ0n) is 14.9. The van der Waals surface area contributed by atoms with E-state index in [1.807, 2.05) is 48.5 Å². The fourth-order valence-corrected chi connectivity index (χ4v) is 2.81. The van der Waals surface area contributed by atoms with Crippen molar-refractivity contribution in [1.82, 2.24) is 21.0 Å². The van der Waals surface area contributed by atoms with E-state index >= 15 is 0 Å². The molecular weight excluding hydrogens is 360 g/mol. The maximum absolute atomic E-state index is 12.2. The van der Waals surface area contributed by atoms with Gasteiger partial charge in [0.05, 0.1) is 5.69 Å². The average molecular weight is 378 g/mol. The molecule has 142 valence electrons. The SMILES string of the molecule is O=C(CCc1ccc2c(c1)OCO2)NNC(=O)c1cc(-c2ccccc2)n[nH]1. The van der Waals surface area contributed by atoms with Crippen molar-refractivity contribution in [2.75, 3.05) is 6.79 Å². The van der Waals surface area contributed by atoms with Crippen molar-refractivity contribution in [3.63, 3.8) is 0 Å². The van der Waals surface area contributed by atoms with Crippen LogP contribution in [0.3, 0.4) is 0 Å². The largest absolute Gasteiger partial charge is 0.454 e. The normalized spacial score (nSPS) is 11.9. The van der Waals surface area contributed by atoms with Crippen molar-refractivity contribution in [2.45, 2.75) is 12.8 Å². The Labute approximate surface area is 160 Å². The molecule has 0 fully saturated rings. The number of nitrogens with zero attached hydrogens (tertiary/aromatic N) is 1.